The molecule has 0 N–H and O–H groups in total. The van der Waals surface area contributed by atoms with Crippen LogP contribution in [-0.2, 0) is 18.7 Å². The molecule has 1 aliphatic heterocycles. The highest BCUT2D eigenvalue weighted by Crippen LogP contribution is 2.55. The van der Waals surface area contributed by atoms with Gasteiger partial charge in [-0.3, -0.25) is 4.79 Å². The fourth-order valence-corrected chi connectivity index (χ4v) is 4.87. The van der Waals surface area contributed by atoms with Crippen molar-refractivity contribution in [3.8, 4) is 11.8 Å². The number of carbonyl (C=O) groups excluding carboxylic acids is 1. The summed E-state index contributed by atoms with van der Waals surface area (Å²) < 4.78 is 18.5. The third-order valence-electron chi connectivity index (χ3n) is 7.03. The summed E-state index contributed by atoms with van der Waals surface area (Å²) in [5.74, 6) is 3.98. The minimum absolute atomic E-state index is 0.129. The smallest absolute Gasteiger partial charge is 0.218 e. The zero-order valence-electron chi connectivity index (χ0n) is 18.3. The number of ether oxygens (including phenoxy) is 2. The molecule has 0 aromatic carbocycles. The van der Waals surface area contributed by atoms with Crippen molar-refractivity contribution < 1.29 is 18.7 Å². The maximum absolute atomic E-state index is 12.9. The third-order valence-corrected chi connectivity index (χ3v) is 11.5. The summed E-state index contributed by atoms with van der Waals surface area (Å²) in [7, 11) is -1.92. The minimum atomic E-state index is -1.92. The van der Waals surface area contributed by atoms with Gasteiger partial charge in [0.1, 0.15) is 5.92 Å². The molecule has 1 spiro atoms. The second-order valence-corrected chi connectivity index (χ2v) is 14.6. The topological polar surface area (TPSA) is 44.8 Å². The van der Waals surface area contributed by atoms with Gasteiger partial charge in [0.15, 0.2) is 14.1 Å². The molecule has 152 valence electrons. The van der Waals surface area contributed by atoms with Crippen molar-refractivity contribution in [1.29, 1.82) is 0 Å². The lowest BCUT2D eigenvalue weighted by atomic mass is 9.59. The van der Waals surface area contributed by atoms with E-state index >= 15 is 0 Å². The summed E-state index contributed by atoms with van der Waals surface area (Å²) in [5.41, 5.74) is 0.501. The Morgan fingerprint density at radius 3 is 2.37 bits per heavy atom. The van der Waals surface area contributed by atoms with Gasteiger partial charge < -0.3 is 13.9 Å². The predicted molar refractivity (Wildman–Crippen MR) is 111 cm³/mol. The van der Waals surface area contributed by atoms with E-state index in [-0.39, 0.29) is 22.2 Å². The number of Topliss-reactive ketones (excluding diaryl/α,β-unsaturated/α-hetero) is 1. The van der Waals surface area contributed by atoms with E-state index in [9.17, 15) is 4.79 Å². The van der Waals surface area contributed by atoms with Crippen molar-refractivity contribution in [1.82, 2.24) is 0 Å². The zero-order valence-corrected chi connectivity index (χ0v) is 19.3. The van der Waals surface area contributed by atoms with Gasteiger partial charge in [-0.25, -0.2) is 0 Å². The maximum Gasteiger partial charge on any atom is 0.218 e. The first kappa shape index (κ1) is 22.4. The molecule has 0 amide bonds. The van der Waals surface area contributed by atoms with Gasteiger partial charge in [-0.05, 0) is 36.9 Å². The Kier molecular flexibility index (Phi) is 6.19. The molecule has 3 atom stereocenters. The van der Waals surface area contributed by atoms with Gasteiger partial charge in [0.25, 0.3) is 0 Å². The average Bonchev–Trinajstić information content (AvgIpc) is 2.99. The van der Waals surface area contributed by atoms with E-state index < -0.39 is 20.0 Å². The molecule has 1 unspecified atom stereocenters. The van der Waals surface area contributed by atoms with E-state index in [0.717, 1.165) is 5.57 Å². The molecule has 1 heterocycles. The van der Waals surface area contributed by atoms with Gasteiger partial charge >= 0.3 is 0 Å². The highest BCUT2D eigenvalue weighted by atomic mass is 28.4. The lowest BCUT2D eigenvalue weighted by Gasteiger charge is -2.52. The average molecular weight is 393 g/mol. The Balaban J connectivity index is 2.36. The highest BCUT2D eigenvalue weighted by molar-refractivity contribution is 6.74. The van der Waals surface area contributed by atoms with Gasteiger partial charge in [0, 0.05) is 18.4 Å². The lowest BCUT2D eigenvalue weighted by molar-refractivity contribution is -0.218. The second kappa shape index (κ2) is 7.48. The number of ketones is 1. The van der Waals surface area contributed by atoms with Gasteiger partial charge in [-0.15, -0.1) is 0 Å². The Hall–Kier alpha value is -0.933. The molecule has 1 saturated heterocycles. The van der Waals surface area contributed by atoms with Crippen molar-refractivity contribution in [3.63, 3.8) is 0 Å². The molecule has 0 aromatic rings. The van der Waals surface area contributed by atoms with E-state index in [2.05, 4.69) is 66.1 Å². The standard InChI is InChI=1S/C22H36O4Si/c1-10-11-18(23)19-17(3)21(7,15-26-27(8,9)20(4,5)6)16(2)14-22(19)24-12-13-25-22/h16,19H,3,12-15H2,1-2,4-9H3/t16-,19?,21+/m1/s1. The van der Waals surface area contributed by atoms with E-state index in [1.54, 1.807) is 6.92 Å². The van der Waals surface area contributed by atoms with E-state index in [1.165, 1.54) is 0 Å². The fraction of sp³-hybridized carbons (Fsp3) is 0.773. The van der Waals surface area contributed by atoms with Crippen LogP contribution in [0.15, 0.2) is 12.2 Å². The molecule has 4 nitrogen and oxygen atoms in total. The molecule has 2 aliphatic rings. The summed E-state index contributed by atoms with van der Waals surface area (Å²) >= 11 is 0. The van der Waals surface area contributed by atoms with Crippen LogP contribution in [0.4, 0.5) is 0 Å². The van der Waals surface area contributed by atoms with Crippen molar-refractivity contribution >= 4 is 14.1 Å². The SMILES string of the molecule is C=C1C(C(=O)C#CC)C2(C[C@@H](C)[C@]1(C)CO[Si](C)(C)C(C)(C)C)OCCO2. The number of hydrogen-bond donors (Lipinski definition) is 0. The van der Waals surface area contributed by atoms with Crippen LogP contribution < -0.4 is 0 Å². The Labute approximate surface area is 166 Å². The first-order valence-electron chi connectivity index (χ1n) is 9.88. The van der Waals surface area contributed by atoms with Crippen molar-refractivity contribution in [2.45, 2.75) is 71.9 Å². The first-order chi connectivity index (χ1) is 12.3. The summed E-state index contributed by atoms with van der Waals surface area (Å²) in [6.45, 7) is 23.2. The van der Waals surface area contributed by atoms with Crippen molar-refractivity contribution in [2.24, 2.45) is 17.3 Å². The normalized spacial score (nSPS) is 30.9. The summed E-state index contributed by atoms with van der Waals surface area (Å²) in [6, 6.07) is 0. The maximum atomic E-state index is 12.9. The second-order valence-electron chi connectivity index (χ2n) is 9.78. The van der Waals surface area contributed by atoms with Crippen LogP contribution in [0.2, 0.25) is 18.1 Å². The molecule has 2 rings (SSSR count). The van der Waals surface area contributed by atoms with Gasteiger partial charge in [0.2, 0.25) is 5.78 Å². The van der Waals surface area contributed by atoms with Crippen LogP contribution >= 0.6 is 0 Å². The Morgan fingerprint density at radius 2 is 1.89 bits per heavy atom. The number of carbonyl (C=O) groups is 1. The van der Waals surface area contributed by atoms with E-state index in [0.29, 0.717) is 26.2 Å². The van der Waals surface area contributed by atoms with Crippen LogP contribution in [0.3, 0.4) is 0 Å². The van der Waals surface area contributed by atoms with Gasteiger partial charge in [-0.1, -0.05) is 52.7 Å². The summed E-state index contributed by atoms with van der Waals surface area (Å²) in [4.78, 5) is 12.9. The largest absolute Gasteiger partial charge is 0.416 e. The first-order valence-corrected chi connectivity index (χ1v) is 12.8. The molecular formula is C22H36O4Si. The van der Waals surface area contributed by atoms with E-state index in [1.807, 2.05) is 0 Å². The third kappa shape index (κ3) is 3.96. The minimum Gasteiger partial charge on any atom is -0.416 e. The Morgan fingerprint density at radius 1 is 1.33 bits per heavy atom. The van der Waals surface area contributed by atoms with Crippen molar-refractivity contribution in [2.75, 3.05) is 19.8 Å². The molecule has 0 radical (unpaired) electrons. The molecule has 2 fully saturated rings. The number of hydrogen-bond acceptors (Lipinski definition) is 4. The van der Waals surface area contributed by atoms with Crippen LogP contribution in [0.5, 0.6) is 0 Å². The highest BCUT2D eigenvalue weighted by Gasteiger charge is 2.59. The van der Waals surface area contributed by atoms with Gasteiger partial charge in [0.05, 0.1) is 13.2 Å². The van der Waals surface area contributed by atoms with E-state index in [4.69, 9.17) is 13.9 Å². The van der Waals surface area contributed by atoms with Crippen LogP contribution in [-0.4, -0.2) is 39.7 Å². The van der Waals surface area contributed by atoms with Crippen LogP contribution in [0, 0.1) is 29.1 Å². The van der Waals surface area contributed by atoms with Crippen LogP contribution in [0.25, 0.3) is 0 Å². The summed E-state index contributed by atoms with van der Waals surface area (Å²) in [6.07, 6.45) is 0.644. The molecule has 0 bridgehead atoms. The molecule has 1 aliphatic carbocycles. The summed E-state index contributed by atoms with van der Waals surface area (Å²) in [5, 5.41) is 0.129. The number of rotatable bonds is 4. The molecule has 0 aromatic heterocycles. The fourth-order valence-electron chi connectivity index (χ4n) is 3.77. The monoisotopic (exact) mass is 392 g/mol. The molecule has 27 heavy (non-hydrogen) atoms. The lowest BCUT2D eigenvalue weighted by Crippen LogP contribution is -2.57. The molecule has 1 saturated carbocycles. The zero-order chi connectivity index (χ0) is 20.7. The quantitative estimate of drug-likeness (QED) is 0.304. The van der Waals surface area contributed by atoms with Crippen molar-refractivity contribution in [3.05, 3.63) is 12.2 Å². The Bertz CT molecular complexity index is 658. The molecular weight excluding hydrogens is 356 g/mol. The van der Waals surface area contributed by atoms with Crippen LogP contribution in [0.1, 0.15) is 48.0 Å². The molecule has 5 heteroatoms. The predicted octanol–water partition coefficient (Wildman–Crippen LogP) is 4.56. The van der Waals surface area contributed by atoms with Gasteiger partial charge in [-0.2, -0.15) is 0 Å².